The molecule has 4 rings (SSSR count). The number of pyridine rings is 1. The fourth-order valence-corrected chi connectivity index (χ4v) is 3.59. The molecule has 0 saturated carbocycles. The van der Waals surface area contributed by atoms with E-state index in [1.54, 1.807) is 48.0 Å². The lowest BCUT2D eigenvalue weighted by molar-refractivity contribution is -0.137. The second-order valence-corrected chi connectivity index (χ2v) is 7.37. The standard InChI is InChI=1S/C23H22N4O4/c1-3-31-17-8-11-27-18(14-17)19(20(24)28)25-21(27)16-6-4-5-15(13-16)7-9-23(30)10-12-26(2)22(23)29/h4-6,8,11,13-14,30H,3,10,12H2,1-2H3,(H2,24,28)/t23-/m0/s1. The quantitative estimate of drug-likeness (QED) is 0.623. The summed E-state index contributed by atoms with van der Waals surface area (Å²) in [4.78, 5) is 30.0. The number of benzene rings is 1. The third kappa shape index (κ3) is 3.71. The highest BCUT2D eigenvalue weighted by atomic mass is 16.5. The molecule has 3 N–H and O–H groups in total. The number of rotatable bonds is 4. The number of nitrogens with two attached hydrogens (primary N) is 1. The SMILES string of the molecule is CCOc1ccn2c(-c3cccc(C#C[C@]4(O)CCN(C)C4=O)c3)nc(C(N)=O)c2c1. The van der Waals surface area contributed by atoms with Gasteiger partial charge in [0.05, 0.1) is 12.1 Å². The number of carbonyl (C=O) groups excluding carboxylic acids is 2. The molecule has 0 unspecified atom stereocenters. The molecule has 1 atom stereocenters. The van der Waals surface area contributed by atoms with Crippen molar-refractivity contribution in [3.8, 4) is 29.0 Å². The lowest BCUT2D eigenvalue weighted by Gasteiger charge is -2.13. The number of hydrogen-bond donors (Lipinski definition) is 2. The van der Waals surface area contributed by atoms with Gasteiger partial charge in [-0.1, -0.05) is 24.0 Å². The molecule has 158 valence electrons. The van der Waals surface area contributed by atoms with E-state index in [0.29, 0.717) is 41.4 Å². The van der Waals surface area contributed by atoms with Crippen molar-refractivity contribution in [1.29, 1.82) is 0 Å². The van der Waals surface area contributed by atoms with E-state index in [1.165, 1.54) is 4.90 Å². The van der Waals surface area contributed by atoms with Crippen LogP contribution < -0.4 is 10.5 Å². The summed E-state index contributed by atoms with van der Waals surface area (Å²) in [5.41, 5.74) is 5.87. The third-order valence-electron chi connectivity index (χ3n) is 5.20. The van der Waals surface area contributed by atoms with Crippen LogP contribution in [0.15, 0.2) is 42.6 Å². The molecule has 2 amide bonds. The molecular formula is C23H22N4O4. The van der Waals surface area contributed by atoms with Gasteiger partial charge in [0, 0.05) is 43.4 Å². The van der Waals surface area contributed by atoms with Gasteiger partial charge < -0.3 is 20.5 Å². The lowest BCUT2D eigenvalue weighted by Crippen LogP contribution is -2.37. The number of carbonyl (C=O) groups is 2. The molecule has 8 nitrogen and oxygen atoms in total. The van der Waals surface area contributed by atoms with Crippen LogP contribution in [0.4, 0.5) is 0 Å². The van der Waals surface area contributed by atoms with Crippen LogP contribution >= 0.6 is 0 Å². The highest BCUT2D eigenvalue weighted by Crippen LogP contribution is 2.27. The number of likely N-dealkylation sites (N-methyl/N-ethyl adjacent to an activating group) is 1. The predicted molar refractivity (Wildman–Crippen MR) is 114 cm³/mol. The Kier molecular flexibility index (Phi) is 5.13. The normalized spacial score (nSPS) is 18.2. The average molecular weight is 418 g/mol. The number of fused-ring (bicyclic) bond motifs is 1. The van der Waals surface area contributed by atoms with Crippen molar-refractivity contribution in [3.05, 3.63) is 53.9 Å². The van der Waals surface area contributed by atoms with Crippen molar-refractivity contribution in [2.45, 2.75) is 18.9 Å². The van der Waals surface area contributed by atoms with Crippen LogP contribution in [0.5, 0.6) is 5.75 Å². The minimum atomic E-state index is -1.67. The van der Waals surface area contributed by atoms with Crippen molar-refractivity contribution in [3.63, 3.8) is 0 Å². The summed E-state index contributed by atoms with van der Waals surface area (Å²) in [7, 11) is 1.64. The lowest BCUT2D eigenvalue weighted by atomic mass is 10.0. The number of hydrogen-bond acceptors (Lipinski definition) is 5. The second kappa shape index (κ2) is 7.78. The van der Waals surface area contributed by atoms with E-state index in [1.807, 2.05) is 13.0 Å². The number of aromatic nitrogens is 2. The van der Waals surface area contributed by atoms with Gasteiger partial charge in [-0.3, -0.25) is 14.0 Å². The third-order valence-corrected chi connectivity index (χ3v) is 5.20. The Balaban J connectivity index is 1.76. The zero-order chi connectivity index (χ0) is 22.2. The Morgan fingerprint density at radius 1 is 1.35 bits per heavy atom. The summed E-state index contributed by atoms with van der Waals surface area (Å²) >= 11 is 0. The molecule has 1 saturated heterocycles. The van der Waals surface area contributed by atoms with Crippen LogP contribution in [0.3, 0.4) is 0 Å². The van der Waals surface area contributed by atoms with Gasteiger partial charge in [0.1, 0.15) is 11.6 Å². The first-order chi connectivity index (χ1) is 14.8. The molecule has 1 aromatic carbocycles. The molecule has 1 aliphatic rings. The zero-order valence-electron chi connectivity index (χ0n) is 17.3. The topological polar surface area (TPSA) is 110 Å². The van der Waals surface area contributed by atoms with Gasteiger partial charge in [-0.15, -0.1) is 0 Å². The van der Waals surface area contributed by atoms with E-state index in [0.717, 1.165) is 0 Å². The van der Waals surface area contributed by atoms with Crippen molar-refractivity contribution < 1.29 is 19.4 Å². The first-order valence-corrected chi connectivity index (χ1v) is 9.88. The highest BCUT2D eigenvalue weighted by molar-refractivity contribution is 5.99. The van der Waals surface area contributed by atoms with Crippen LogP contribution in [0.25, 0.3) is 16.9 Å². The van der Waals surface area contributed by atoms with Crippen molar-refractivity contribution >= 4 is 17.3 Å². The molecule has 0 radical (unpaired) electrons. The van der Waals surface area contributed by atoms with E-state index in [2.05, 4.69) is 16.8 Å². The van der Waals surface area contributed by atoms with E-state index in [9.17, 15) is 14.7 Å². The van der Waals surface area contributed by atoms with Crippen LogP contribution in [0.2, 0.25) is 0 Å². The maximum Gasteiger partial charge on any atom is 0.269 e. The monoisotopic (exact) mass is 418 g/mol. The van der Waals surface area contributed by atoms with Crippen LogP contribution in [0, 0.1) is 11.8 Å². The molecule has 1 aliphatic heterocycles. The molecule has 0 bridgehead atoms. The van der Waals surface area contributed by atoms with E-state index in [4.69, 9.17) is 10.5 Å². The van der Waals surface area contributed by atoms with Crippen molar-refractivity contribution in [2.24, 2.45) is 5.73 Å². The summed E-state index contributed by atoms with van der Waals surface area (Å²) in [5, 5.41) is 10.5. The first kappa shape index (κ1) is 20.4. The largest absolute Gasteiger partial charge is 0.494 e. The number of likely N-dealkylation sites (tertiary alicyclic amines) is 1. The van der Waals surface area contributed by atoms with E-state index < -0.39 is 17.4 Å². The molecule has 31 heavy (non-hydrogen) atoms. The maximum absolute atomic E-state index is 12.1. The van der Waals surface area contributed by atoms with Gasteiger partial charge in [0.15, 0.2) is 5.69 Å². The van der Waals surface area contributed by atoms with Crippen LogP contribution in [0.1, 0.15) is 29.4 Å². The zero-order valence-corrected chi connectivity index (χ0v) is 17.3. The Morgan fingerprint density at radius 2 is 2.16 bits per heavy atom. The number of nitrogens with zero attached hydrogens (tertiary/aromatic N) is 3. The Hall–Kier alpha value is -3.83. The van der Waals surface area contributed by atoms with Crippen LogP contribution in [-0.4, -0.2) is 57.0 Å². The van der Waals surface area contributed by atoms with Gasteiger partial charge >= 0.3 is 0 Å². The van der Waals surface area contributed by atoms with Crippen LogP contribution in [-0.2, 0) is 4.79 Å². The maximum atomic E-state index is 12.1. The summed E-state index contributed by atoms with van der Waals surface area (Å²) in [5.74, 6) is 5.70. The predicted octanol–water partition coefficient (Wildman–Crippen LogP) is 1.44. The Morgan fingerprint density at radius 3 is 2.84 bits per heavy atom. The summed E-state index contributed by atoms with van der Waals surface area (Å²) in [6.45, 7) is 2.83. The Bertz CT molecular complexity index is 1250. The number of amides is 2. The molecule has 0 aliphatic carbocycles. The van der Waals surface area contributed by atoms with Gasteiger partial charge in [0.25, 0.3) is 11.8 Å². The molecule has 8 heteroatoms. The minimum Gasteiger partial charge on any atom is -0.494 e. The molecule has 3 heterocycles. The number of primary amides is 1. The van der Waals surface area contributed by atoms with Gasteiger partial charge in [-0.2, -0.15) is 0 Å². The van der Waals surface area contributed by atoms with Gasteiger partial charge in [0.2, 0.25) is 5.60 Å². The number of ether oxygens (including phenoxy) is 1. The summed E-state index contributed by atoms with van der Waals surface area (Å²) in [6, 6.07) is 10.7. The molecular weight excluding hydrogens is 396 g/mol. The smallest absolute Gasteiger partial charge is 0.269 e. The first-order valence-electron chi connectivity index (χ1n) is 9.88. The molecule has 1 fully saturated rings. The Labute approximate surface area is 179 Å². The highest BCUT2D eigenvalue weighted by Gasteiger charge is 2.42. The van der Waals surface area contributed by atoms with Crippen molar-refractivity contribution in [1.82, 2.24) is 14.3 Å². The fraction of sp³-hybridized carbons (Fsp3) is 0.261. The second-order valence-electron chi connectivity index (χ2n) is 7.37. The molecule has 2 aromatic heterocycles. The molecule has 3 aromatic rings. The van der Waals surface area contributed by atoms with E-state index in [-0.39, 0.29) is 12.1 Å². The fourth-order valence-electron chi connectivity index (χ4n) is 3.59. The number of aliphatic hydroxyl groups is 1. The summed E-state index contributed by atoms with van der Waals surface area (Å²) in [6.07, 6.45) is 2.03. The van der Waals surface area contributed by atoms with Gasteiger partial charge in [-0.25, -0.2) is 4.98 Å². The van der Waals surface area contributed by atoms with Crippen molar-refractivity contribution in [2.75, 3.05) is 20.2 Å². The van der Waals surface area contributed by atoms with E-state index >= 15 is 0 Å². The minimum absolute atomic E-state index is 0.141. The summed E-state index contributed by atoms with van der Waals surface area (Å²) < 4.78 is 7.29. The molecule has 0 spiro atoms. The van der Waals surface area contributed by atoms with Gasteiger partial charge in [-0.05, 0) is 25.1 Å². The number of imidazole rings is 1. The average Bonchev–Trinajstić information content (AvgIpc) is 3.26.